The molecule has 0 spiro atoms. The van der Waals surface area contributed by atoms with Crippen LogP contribution < -0.4 is 10.6 Å². The number of aliphatic hydroxyl groups excluding tert-OH is 5. The first-order valence-electron chi connectivity index (χ1n) is 17.0. The molecule has 4 unspecified atom stereocenters. The number of halogens is 1. The number of allylic oxidation sites excluding steroid dienone is 8. The van der Waals surface area contributed by atoms with Crippen LogP contribution in [0.4, 0.5) is 11.4 Å². The van der Waals surface area contributed by atoms with Crippen molar-refractivity contribution in [3.8, 4) is 0 Å². The number of para-hydroxylation sites is 1. The summed E-state index contributed by atoms with van der Waals surface area (Å²) in [6.07, 6.45) is 4.69. The van der Waals surface area contributed by atoms with E-state index in [0.29, 0.717) is 5.56 Å². The van der Waals surface area contributed by atoms with Gasteiger partial charge >= 0.3 is 0 Å². The second-order valence-electron chi connectivity index (χ2n) is 14.1. The number of hydrogen-bond donors (Lipinski definition) is 7. The van der Waals surface area contributed by atoms with Crippen molar-refractivity contribution in [3.63, 3.8) is 0 Å². The first-order chi connectivity index (χ1) is 23.2. The molecule has 0 bridgehead atoms. The summed E-state index contributed by atoms with van der Waals surface area (Å²) in [7, 11) is 0. The van der Waals surface area contributed by atoms with Gasteiger partial charge in [-0.05, 0) is 81.0 Å². The Labute approximate surface area is 293 Å². The average molecular weight is 691 g/mol. The number of amides is 1. The summed E-state index contributed by atoms with van der Waals surface area (Å²) in [5.74, 6) is -0.466. The van der Waals surface area contributed by atoms with E-state index in [9.17, 15) is 25.2 Å². The highest BCUT2D eigenvalue weighted by molar-refractivity contribution is 6.32. The molecule has 0 saturated carbocycles. The summed E-state index contributed by atoms with van der Waals surface area (Å²) < 4.78 is 2.39. The lowest BCUT2D eigenvalue weighted by Crippen LogP contribution is -2.49. The van der Waals surface area contributed by atoms with Crippen molar-refractivity contribution >= 4 is 34.6 Å². The molecule has 0 saturated heterocycles. The Balaban J connectivity index is 1.31. The fraction of sp³-hybridized carbons (Fsp3) is 0.436. The molecule has 0 fully saturated rings. The van der Waals surface area contributed by atoms with Gasteiger partial charge in [-0.3, -0.25) is 4.79 Å². The van der Waals surface area contributed by atoms with E-state index in [4.69, 9.17) is 16.7 Å². The van der Waals surface area contributed by atoms with Gasteiger partial charge in [0.25, 0.3) is 5.91 Å². The molecule has 0 radical (unpaired) electrons. The van der Waals surface area contributed by atoms with Crippen LogP contribution in [-0.2, 0) is 10.8 Å². The molecule has 2 heterocycles. The van der Waals surface area contributed by atoms with Crippen LogP contribution in [-0.4, -0.2) is 85.8 Å². The van der Waals surface area contributed by atoms with Crippen LogP contribution in [0.15, 0.2) is 88.6 Å². The number of fused-ring (bicyclic) bond motifs is 2. The van der Waals surface area contributed by atoms with Crippen molar-refractivity contribution in [3.05, 3.63) is 105 Å². The summed E-state index contributed by atoms with van der Waals surface area (Å²) in [6, 6.07) is 13.9. The average Bonchev–Trinajstić information content (AvgIpc) is 3.48. The van der Waals surface area contributed by atoms with E-state index in [0.717, 1.165) is 58.9 Å². The highest BCUT2D eigenvalue weighted by Gasteiger charge is 2.43. The zero-order valence-electron chi connectivity index (χ0n) is 28.9. The van der Waals surface area contributed by atoms with E-state index in [1.54, 1.807) is 12.1 Å². The highest BCUT2D eigenvalue weighted by Crippen LogP contribution is 2.44. The molecule has 0 aromatic heterocycles. The minimum Gasteiger partial charge on any atom is -0.394 e. The first kappa shape index (κ1) is 36.7. The van der Waals surface area contributed by atoms with Crippen LogP contribution in [0.5, 0.6) is 0 Å². The summed E-state index contributed by atoms with van der Waals surface area (Å²) in [4.78, 5) is 13.0. The fourth-order valence-corrected chi connectivity index (χ4v) is 7.36. The Morgan fingerprint density at radius 3 is 2.39 bits per heavy atom. The molecule has 4 atom stereocenters. The van der Waals surface area contributed by atoms with Gasteiger partial charge in [0.2, 0.25) is 5.69 Å². The molecule has 262 valence electrons. The van der Waals surface area contributed by atoms with Crippen molar-refractivity contribution in [1.29, 1.82) is 0 Å². The Morgan fingerprint density at radius 1 is 0.959 bits per heavy atom. The minimum atomic E-state index is -1.76. The van der Waals surface area contributed by atoms with Crippen molar-refractivity contribution in [2.75, 3.05) is 25.0 Å². The largest absolute Gasteiger partial charge is 0.394 e. The molecule has 2 aromatic carbocycles. The van der Waals surface area contributed by atoms with Gasteiger partial charge in [-0.1, -0.05) is 55.8 Å². The quantitative estimate of drug-likeness (QED) is 0.169. The SMILES string of the molecule is CC[N+]1=C(/C=C/C2=C(Cl)C(=C/C=C3/Nc4ccc(C(=O)NCC(O)C(O)C(O)C(O)CO)cc4C3(C)C)/CCC2)C(C)(C)c2ccccc21. The van der Waals surface area contributed by atoms with Gasteiger partial charge in [0.05, 0.1) is 18.1 Å². The summed E-state index contributed by atoms with van der Waals surface area (Å²) in [6.45, 7) is 10.6. The number of nitrogens with one attached hydrogen (secondary N) is 2. The van der Waals surface area contributed by atoms with Crippen molar-refractivity contribution in [2.24, 2.45) is 0 Å². The predicted octanol–water partition coefficient (Wildman–Crippen LogP) is 4.70. The lowest BCUT2D eigenvalue weighted by molar-refractivity contribution is -0.433. The van der Waals surface area contributed by atoms with Crippen LogP contribution in [0.25, 0.3) is 0 Å². The Kier molecular flexibility index (Phi) is 11.0. The van der Waals surface area contributed by atoms with E-state index >= 15 is 0 Å². The third-order valence-corrected chi connectivity index (χ3v) is 10.6. The zero-order chi connectivity index (χ0) is 35.7. The third-order valence-electron chi connectivity index (χ3n) is 10.2. The lowest BCUT2D eigenvalue weighted by Gasteiger charge is -2.25. The van der Waals surface area contributed by atoms with Crippen LogP contribution in [0, 0.1) is 0 Å². The lowest BCUT2D eigenvalue weighted by atomic mass is 9.81. The molecule has 1 amide bonds. The van der Waals surface area contributed by atoms with Gasteiger partial charge in [0.1, 0.15) is 24.9 Å². The minimum absolute atomic E-state index is 0.110. The number of nitrogens with zero attached hydrogens (tertiary/aromatic N) is 1. The smallest absolute Gasteiger partial charge is 0.251 e. The monoisotopic (exact) mass is 690 g/mol. The van der Waals surface area contributed by atoms with Gasteiger partial charge in [-0.25, -0.2) is 0 Å². The number of carbonyl (C=O) groups is 1. The number of hydrogen-bond acceptors (Lipinski definition) is 7. The highest BCUT2D eigenvalue weighted by atomic mass is 35.5. The molecule has 10 heteroatoms. The normalized spacial score (nSPS) is 22.3. The maximum atomic E-state index is 13.0. The standard InChI is InChI=1S/C39H48ClN3O6/c1-6-43-29-13-8-7-12-26(29)39(4,5)33(43)19-16-24-11-9-10-23(34(24)40)15-18-32-38(2,3)27-20-25(14-17-28(27)42-32)37(49)41-21-30(45)35(47)36(48)31(46)22-44/h7-8,12-20,30-31,35-36,44-48H,6,9-11,21-22H2,1-5H3,(H,41,49)/p+1. The number of carbonyl (C=O) groups excluding carboxylic acids is 1. The molecule has 9 nitrogen and oxygen atoms in total. The van der Waals surface area contributed by atoms with Gasteiger partial charge < -0.3 is 36.2 Å². The van der Waals surface area contributed by atoms with E-state index in [2.05, 4.69) is 98.4 Å². The summed E-state index contributed by atoms with van der Waals surface area (Å²) in [5, 5.41) is 55.4. The number of benzene rings is 2. The Hall–Kier alpha value is -3.57. The number of aliphatic hydroxyl groups is 5. The second-order valence-corrected chi connectivity index (χ2v) is 14.5. The van der Waals surface area contributed by atoms with Crippen LogP contribution in [0.1, 0.15) is 75.4 Å². The maximum Gasteiger partial charge on any atom is 0.251 e. The summed E-state index contributed by atoms with van der Waals surface area (Å²) >= 11 is 7.05. The predicted molar refractivity (Wildman–Crippen MR) is 194 cm³/mol. The molecular weight excluding hydrogens is 642 g/mol. The van der Waals surface area contributed by atoms with E-state index < -0.39 is 42.3 Å². The van der Waals surface area contributed by atoms with Crippen LogP contribution >= 0.6 is 11.6 Å². The fourth-order valence-electron chi connectivity index (χ4n) is 7.04. The molecule has 1 aliphatic carbocycles. The molecule has 7 N–H and O–H groups in total. The van der Waals surface area contributed by atoms with E-state index in [1.807, 2.05) is 6.07 Å². The maximum absolute atomic E-state index is 13.0. The molecule has 5 rings (SSSR count). The second kappa shape index (κ2) is 14.7. The van der Waals surface area contributed by atoms with Crippen molar-refractivity contribution < 1.29 is 34.9 Å². The van der Waals surface area contributed by atoms with Gasteiger partial charge in [-0.2, -0.15) is 4.58 Å². The van der Waals surface area contributed by atoms with Crippen LogP contribution in [0.3, 0.4) is 0 Å². The molecule has 2 aliphatic heterocycles. The summed E-state index contributed by atoms with van der Waals surface area (Å²) in [5.41, 5.74) is 8.66. The van der Waals surface area contributed by atoms with E-state index in [1.165, 1.54) is 17.0 Å². The molecular formula is C39H49ClN3O6+. The number of rotatable bonds is 11. The van der Waals surface area contributed by atoms with Gasteiger partial charge in [0.15, 0.2) is 5.71 Å². The van der Waals surface area contributed by atoms with Crippen molar-refractivity contribution in [2.45, 2.75) is 89.1 Å². The zero-order valence-corrected chi connectivity index (χ0v) is 29.6. The topological polar surface area (TPSA) is 145 Å². The van der Waals surface area contributed by atoms with E-state index in [-0.39, 0.29) is 12.0 Å². The van der Waals surface area contributed by atoms with Gasteiger partial charge in [-0.15, -0.1) is 0 Å². The van der Waals surface area contributed by atoms with Gasteiger partial charge in [0, 0.05) is 51.6 Å². The Morgan fingerprint density at radius 2 is 1.67 bits per heavy atom. The molecule has 49 heavy (non-hydrogen) atoms. The first-order valence-corrected chi connectivity index (χ1v) is 17.4. The van der Waals surface area contributed by atoms with Crippen LogP contribution in [0.2, 0.25) is 0 Å². The third kappa shape index (κ3) is 7.20. The Bertz CT molecular complexity index is 1750. The molecule has 2 aromatic rings. The number of anilines is 1. The molecule has 3 aliphatic rings. The van der Waals surface area contributed by atoms with Crippen molar-refractivity contribution in [1.82, 2.24) is 5.32 Å².